The molecule has 1 aliphatic carbocycles. The molecule has 0 saturated heterocycles. The van der Waals surface area contributed by atoms with Gasteiger partial charge in [-0.3, -0.25) is 4.79 Å². The van der Waals surface area contributed by atoms with Gasteiger partial charge in [0.25, 0.3) is 0 Å². The van der Waals surface area contributed by atoms with Crippen molar-refractivity contribution in [2.45, 2.75) is 19.3 Å². The molecule has 0 radical (unpaired) electrons. The Morgan fingerprint density at radius 1 is 1.25 bits per heavy atom. The summed E-state index contributed by atoms with van der Waals surface area (Å²) in [5, 5.41) is 0.913. The smallest absolute Gasteiger partial charge is 0.133 e. The number of carbonyl (C=O) groups excluding carboxylic acids is 1. The second kappa shape index (κ2) is 3.85. The van der Waals surface area contributed by atoms with Gasteiger partial charge < -0.3 is 4.57 Å². The summed E-state index contributed by atoms with van der Waals surface area (Å²) in [5.74, 6) is 0.909. The van der Waals surface area contributed by atoms with E-state index < -0.39 is 7.14 Å². The van der Waals surface area contributed by atoms with Gasteiger partial charge in [-0.15, -0.1) is 0 Å². The zero-order valence-electron chi connectivity index (χ0n) is 9.93. The minimum absolute atomic E-state index is 0.223. The molecule has 0 aliphatic heterocycles. The van der Waals surface area contributed by atoms with E-state index in [-0.39, 0.29) is 11.7 Å². The Bertz CT molecular complexity index is 455. The number of benzene rings is 1. The standard InChI is InChI=1S/C13H17O2P/c1-9(14)12-8-13(12)10-4-6-11(7-5-10)16(2,3)15/h4-7,12-13H,8H2,1-3H3. The van der Waals surface area contributed by atoms with Gasteiger partial charge in [0, 0.05) is 11.2 Å². The van der Waals surface area contributed by atoms with Crippen molar-refractivity contribution >= 4 is 18.2 Å². The summed E-state index contributed by atoms with van der Waals surface area (Å²) in [4.78, 5) is 11.2. The van der Waals surface area contributed by atoms with Crippen molar-refractivity contribution in [3.8, 4) is 0 Å². The van der Waals surface area contributed by atoms with E-state index in [9.17, 15) is 9.36 Å². The molecule has 0 heterocycles. The topological polar surface area (TPSA) is 34.1 Å². The molecule has 1 aromatic rings. The number of hydrogen-bond donors (Lipinski definition) is 0. The quantitative estimate of drug-likeness (QED) is 0.756. The molecule has 0 N–H and O–H groups in total. The third-order valence-electron chi connectivity index (χ3n) is 3.26. The second-order valence-electron chi connectivity index (χ2n) is 5.00. The molecule has 2 nitrogen and oxygen atoms in total. The highest BCUT2D eigenvalue weighted by Gasteiger charge is 2.41. The van der Waals surface area contributed by atoms with E-state index >= 15 is 0 Å². The maximum atomic E-state index is 11.8. The molecule has 0 bridgehead atoms. The predicted octanol–water partition coefficient (Wildman–Crippen LogP) is 2.63. The van der Waals surface area contributed by atoms with Crippen molar-refractivity contribution in [3.63, 3.8) is 0 Å². The van der Waals surface area contributed by atoms with Crippen LogP contribution in [0.4, 0.5) is 0 Å². The van der Waals surface area contributed by atoms with Crippen LogP contribution in [0.25, 0.3) is 0 Å². The van der Waals surface area contributed by atoms with Crippen molar-refractivity contribution in [3.05, 3.63) is 29.8 Å². The first-order chi connectivity index (χ1) is 7.39. The van der Waals surface area contributed by atoms with Crippen molar-refractivity contribution < 1.29 is 9.36 Å². The number of hydrogen-bond acceptors (Lipinski definition) is 2. The minimum Gasteiger partial charge on any atom is -0.319 e. The number of rotatable bonds is 3. The van der Waals surface area contributed by atoms with Crippen LogP contribution in [0.15, 0.2) is 24.3 Å². The third kappa shape index (κ3) is 2.27. The molecular formula is C13H17O2P. The highest BCUT2D eigenvalue weighted by atomic mass is 31.2. The Balaban J connectivity index is 2.16. The van der Waals surface area contributed by atoms with Crippen molar-refractivity contribution in [1.29, 1.82) is 0 Å². The lowest BCUT2D eigenvalue weighted by molar-refractivity contribution is -0.118. The van der Waals surface area contributed by atoms with E-state index in [1.807, 2.05) is 24.3 Å². The van der Waals surface area contributed by atoms with Crippen molar-refractivity contribution in [1.82, 2.24) is 0 Å². The predicted molar refractivity (Wildman–Crippen MR) is 67.1 cm³/mol. The summed E-state index contributed by atoms with van der Waals surface area (Å²) in [6.45, 7) is 5.21. The molecule has 0 spiro atoms. The summed E-state index contributed by atoms with van der Waals surface area (Å²) in [7, 11) is -2.15. The van der Waals surface area contributed by atoms with Crippen LogP contribution in [0, 0.1) is 5.92 Å². The van der Waals surface area contributed by atoms with E-state index in [1.54, 1.807) is 20.3 Å². The molecule has 0 aromatic heterocycles. The molecule has 86 valence electrons. The lowest BCUT2D eigenvalue weighted by Crippen LogP contribution is -2.02. The molecule has 16 heavy (non-hydrogen) atoms. The number of carbonyl (C=O) groups is 1. The molecular weight excluding hydrogens is 219 g/mol. The molecule has 1 aliphatic rings. The summed E-state index contributed by atoms with van der Waals surface area (Å²) >= 11 is 0. The lowest BCUT2D eigenvalue weighted by Gasteiger charge is -2.07. The average molecular weight is 236 g/mol. The van der Waals surface area contributed by atoms with E-state index in [1.165, 1.54) is 5.56 Å². The monoisotopic (exact) mass is 236 g/mol. The van der Waals surface area contributed by atoms with Crippen molar-refractivity contribution in [2.24, 2.45) is 5.92 Å². The zero-order valence-corrected chi connectivity index (χ0v) is 10.8. The maximum Gasteiger partial charge on any atom is 0.133 e. The molecule has 1 saturated carbocycles. The van der Waals surface area contributed by atoms with Crippen molar-refractivity contribution in [2.75, 3.05) is 13.3 Å². The van der Waals surface area contributed by atoms with Crippen LogP contribution >= 0.6 is 7.14 Å². The van der Waals surface area contributed by atoms with Gasteiger partial charge in [0.2, 0.25) is 0 Å². The number of ketones is 1. The fourth-order valence-corrected chi connectivity index (χ4v) is 2.96. The van der Waals surface area contributed by atoms with Gasteiger partial charge in [-0.2, -0.15) is 0 Å². The van der Waals surface area contributed by atoms with Gasteiger partial charge >= 0.3 is 0 Å². The molecule has 2 unspecified atom stereocenters. The molecule has 3 heteroatoms. The number of Topliss-reactive ketones (excluding diaryl/α,β-unsaturated/α-hetero) is 1. The highest BCUT2D eigenvalue weighted by molar-refractivity contribution is 7.70. The molecule has 0 amide bonds. The lowest BCUT2D eigenvalue weighted by atomic mass is 10.1. The summed E-state index contributed by atoms with van der Waals surface area (Å²) in [5.41, 5.74) is 1.21. The summed E-state index contributed by atoms with van der Waals surface area (Å²) < 4.78 is 11.8. The highest BCUT2D eigenvalue weighted by Crippen LogP contribution is 2.48. The normalized spacial score (nSPS) is 24.2. The molecule has 1 fully saturated rings. The van der Waals surface area contributed by atoms with Crippen LogP contribution in [0.2, 0.25) is 0 Å². The molecule has 2 rings (SSSR count). The van der Waals surface area contributed by atoms with Crippen LogP contribution in [-0.4, -0.2) is 19.1 Å². The fourth-order valence-electron chi connectivity index (χ4n) is 2.09. The first-order valence-electron chi connectivity index (χ1n) is 5.55. The largest absolute Gasteiger partial charge is 0.319 e. The Morgan fingerprint density at radius 2 is 1.81 bits per heavy atom. The van der Waals surface area contributed by atoms with Crippen LogP contribution < -0.4 is 5.30 Å². The first kappa shape index (κ1) is 11.6. The first-order valence-corrected chi connectivity index (χ1v) is 8.15. The summed E-state index contributed by atoms with van der Waals surface area (Å²) in [6, 6.07) is 7.91. The van der Waals surface area contributed by atoms with Gasteiger partial charge in [0.1, 0.15) is 12.9 Å². The SMILES string of the molecule is CC(=O)C1CC1c1ccc(P(C)(C)=O)cc1. The van der Waals surface area contributed by atoms with E-state index in [4.69, 9.17) is 0 Å². The van der Waals surface area contributed by atoms with Gasteiger partial charge in [0.15, 0.2) is 0 Å². The zero-order chi connectivity index (χ0) is 11.9. The molecule has 1 aromatic carbocycles. The van der Waals surface area contributed by atoms with E-state index in [2.05, 4.69) is 0 Å². The minimum atomic E-state index is -2.15. The molecule has 2 atom stereocenters. The maximum absolute atomic E-state index is 11.8. The van der Waals surface area contributed by atoms with Crippen LogP contribution in [0.1, 0.15) is 24.8 Å². The van der Waals surface area contributed by atoms with Crippen LogP contribution in [0.3, 0.4) is 0 Å². The van der Waals surface area contributed by atoms with Gasteiger partial charge in [-0.25, -0.2) is 0 Å². The third-order valence-corrected chi connectivity index (χ3v) is 4.80. The van der Waals surface area contributed by atoms with Gasteiger partial charge in [0.05, 0.1) is 0 Å². The Morgan fingerprint density at radius 3 is 2.19 bits per heavy atom. The van der Waals surface area contributed by atoms with Gasteiger partial charge in [-0.1, -0.05) is 24.3 Å². The summed E-state index contributed by atoms with van der Waals surface area (Å²) in [6.07, 6.45) is 0.977. The van der Waals surface area contributed by atoms with E-state index in [0.29, 0.717) is 5.92 Å². The van der Waals surface area contributed by atoms with Crippen LogP contribution in [0.5, 0.6) is 0 Å². The average Bonchev–Trinajstić information content (AvgIpc) is 2.96. The van der Waals surface area contributed by atoms with Gasteiger partial charge in [-0.05, 0) is 38.2 Å². The Labute approximate surface area is 96.4 Å². The fraction of sp³-hybridized carbons (Fsp3) is 0.462. The Hall–Kier alpha value is -0.880. The Kier molecular flexibility index (Phi) is 2.79. The second-order valence-corrected chi connectivity index (χ2v) is 8.22. The van der Waals surface area contributed by atoms with Crippen LogP contribution in [-0.2, 0) is 9.36 Å². The van der Waals surface area contributed by atoms with E-state index in [0.717, 1.165) is 11.7 Å².